The monoisotopic (exact) mass is 336 g/mol. The Balaban J connectivity index is 1.66. The highest BCUT2D eigenvalue weighted by Crippen LogP contribution is 2.35. The van der Waals surface area contributed by atoms with Gasteiger partial charge in [0, 0.05) is 30.0 Å². The molecule has 3 aromatic rings. The van der Waals surface area contributed by atoms with Crippen LogP contribution in [0.3, 0.4) is 0 Å². The van der Waals surface area contributed by atoms with E-state index in [4.69, 9.17) is 0 Å². The topological polar surface area (TPSA) is 59.0 Å². The van der Waals surface area contributed by atoms with Gasteiger partial charge in [0.05, 0.1) is 6.20 Å². The molecule has 0 saturated carbocycles. The maximum atomic E-state index is 12.9. The molecule has 0 bridgehead atoms. The molecule has 5 nitrogen and oxygen atoms in total. The Morgan fingerprint density at radius 1 is 1.29 bits per heavy atom. The van der Waals surface area contributed by atoms with E-state index < -0.39 is 0 Å². The molecule has 0 fully saturated rings. The molecule has 2 aromatic heterocycles. The molecular formula is C18H16N4OS. The fourth-order valence-corrected chi connectivity index (χ4v) is 3.75. The molecule has 1 amide bonds. The summed E-state index contributed by atoms with van der Waals surface area (Å²) in [5, 5.41) is 2.51. The zero-order valence-corrected chi connectivity index (χ0v) is 14.0. The van der Waals surface area contributed by atoms with E-state index in [0.717, 1.165) is 18.7 Å². The first kappa shape index (κ1) is 15.0. The molecule has 120 valence electrons. The van der Waals surface area contributed by atoms with Crippen LogP contribution in [0.15, 0.2) is 48.2 Å². The fraction of sp³-hybridized carbons (Fsp3) is 0.222. The van der Waals surface area contributed by atoms with Crippen molar-refractivity contribution in [2.45, 2.75) is 19.3 Å². The van der Waals surface area contributed by atoms with Gasteiger partial charge in [-0.25, -0.2) is 4.98 Å². The molecule has 0 aliphatic carbocycles. The van der Waals surface area contributed by atoms with Crippen LogP contribution >= 0.6 is 11.3 Å². The van der Waals surface area contributed by atoms with E-state index in [2.05, 4.69) is 27.9 Å². The van der Waals surface area contributed by atoms with Gasteiger partial charge in [0.1, 0.15) is 16.4 Å². The number of carbonyl (C=O) groups excluding carboxylic acids is 1. The van der Waals surface area contributed by atoms with Crippen LogP contribution in [0.25, 0.3) is 10.7 Å². The molecule has 1 aromatic carbocycles. The molecule has 6 heteroatoms. The van der Waals surface area contributed by atoms with Gasteiger partial charge in [0.25, 0.3) is 5.91 Å². The van der Waals surface area contributed by atoms with Gasteiger partial charge in [-0.3, -0.25) is 14.8 Å². The number of carbonyl (C=O) groups is 1. The first-order valence-electron chi connectivity index (χ1n) is 7.87. The van der Waals surface area contributed by atoms with Crippen molar-refractivity contribution in [3.05, 3.63) is 59.5 Å². The number of amides is 1. The highest BCUT2D eigenvalue weighted by Gasteiger charge is 2.28. The maximum absolute atomic E-state index is 12.9. The van der Waals surface area contributed by atoms with E-state index in [0.29, 0.717) is 22.3 Å². The van der Waals surface area contributed by atoms with Gasteiger partial charge >= 0.3 is 0 Å². The zero-order valence-electron chi connectivity index (χ0n) is 13.2. The van der Waals surface area contributed by atoms with Gasteiger partial charge < -0.3 is 4.90 Å². The predicted molar refractivity (Wildman–Crippen MR) is 94.3 cm³/mol. The molecule has 4 rings (SSSR count). The highest BCUT2D eigenvalue weighted by atomic mass is 32.1. The van der Waals surface area contributed by atoms with Crippen molar-refractivity contribution in [3.8, 4) is 10.7 Å². The van der Waals surface area contributed by atoms with Gasteiger partial charge in [-0.15, -0.1) is 11.3 Å². The van der Waals surface area contributed by atoms with Gasteiger partial charge in [0.2, 0.25) is 0 Å². The minimum absolute atomic E-state index is 0.0549. The van der Waals surface area contributed by atoms with Crippen LogP contribution in [0.5, 0.6) is 0 Å². The van der Waals surface area contributed by atoms with Gasteiger partial charge in [0.15, 0.2) is 0 Å². The van der Waals surface area contributed by atoms with E-state index >= 15 is 0 Å². The summed E-state index contributed by atoms with van der Waals surface area (Å²) in [4.78, 5) is 27.6. The molecule has 0 spiro atoms. The lowest BCUT2D eigenvalue weighted by Crippen LogP contribution is -2.36. The number of hydrogen-bond acceptors (Lipinski definition) is 5. The zero-order chi connectivity index (χ0) is 16.5. The average molecular weight is 336 g/mol. The molecule has 0 saturated heterocycles. The number of hydrogen-bond donors (Lipinski definition) is 0. The largest absolute Gasteiger partial charge is 0.307 e. The van der Waals surface area contributed by atoms with E-state index in [1.165, 1.54) is 16.9 Å². The lowest BCUT2D eigenvalue weighted by molar-refractivity contribution is 0.0980. The molecular weight excluding hydrogens is 320 g/mol. The van der Waals surface area contributed by atoms with Crippen LogP contribution < -0.4 is 4.90 Å². The highest BCUT2D eigenvalue weighted by molar-refractivity contribution is 7.13. The van der Waals surface area contributed by atoms with Crippen LogP contribution in [-0.2, 0) is 0 Å². The smallest absolute Gasteiger partial charge is 0.277 e. The minimum Gasteiger partial charge on any atom is -0.307 e. The summed E-state index contributed by atoms with van der Waals surface area (Å²) in [6, 6.07) is 8.12. The molecule has 0 unspecified atom stereocenters. The van der Waals surface area contributed by atoms with Crippen molar-refractivity contribution >= 4 is 22.9 Å². The van der Waals surface area contributed by atoms with E-state index in [1.807, 2.05) is 23.1 Å². The molecule has 24 heavy (non-hydrogen) atoms. The number of anilines is 1. The number of benzene rings is 1. The summed E-state index contributed by atoms with van der Waals surface area (Å²) in [7, 11) is 0. The van der Waals surface area contributed by atoms with Crippen LogP contribution in [-0.4, -0.2) is 27.4 Å². The van der Waals surface area contributed by atoms with E-state index in [-0.39, 0.29) is 5.91 Å². The summed E-state index contributed by atoms with van der Waals surface area (Å²) in [5.41, 5.74) is 3.37. The Morgan fingerprint density at radius 2 is 2.17 bits per heavy atom. The van der Waals surface area contributed by atoms with Crippen molar-refractivity contribution in [2.24, 2.45) is 0 Å². The number of aromatic nitrogens is 3. The number of fused-ring (bicyclic) bond motifs is 1. The first-order chi connectivity index (χ1) is 11.7. The number of rotatable bonds is 2. The van der Waals surface area contributed by atoms with E-state index in [9.17, 15) is 4.79 Å². The fourth-order valence-electron chi connectivity index (χ4n) is 3.00. The standard InChI is InChI=1S/C18H16N4OS/c1-12-6-9-22(16-5-3-2-4-13(12)16)18(23)15-11-24-17(21-15)14-10-19-7-8-20-14/h2-5,7-8,10-12H,6,9H2,1H3/t12-/m0/s1. The minimum atomic E-state index is -0.0549. The second-order valence-corrected chi connectivity index (χ2v) is 6.69. The molecule has 0 radical (unpaired) electrons. The van der Waals surface area contributed by atoms with Crippen LogP contribution in [0.4, 0.5) is 5.69 Å². The summed E-state index contributed by atoms with van der Waals surface area (Å²) in [6.45, 7) is 2.92. The summed E-state index contributed by atoms with van der Waals surface area (Å²) in [6.07, 6.45) is 5.87. The van der Waals surface area contributed by atoms with Gasteiger partial charge in [-0.2, -0.15) is 0 Å². The van der Waals surface area contributed by atoms with E-state index in [1.54, 1.807) is 24.0 Å². The van der Waals surface area contributed by atoms with Crippen molar-refractivity contribution in [1.29, 1.82) is 0 Å². The second kappa shape index (κ2) is 6.13. The second-order valence-electron chi connectivity index (χ2n) is 5.83. The third-order valence-electron chi connectivity index (χ3n) is 4.29. The summed E-state index contributed by atoms with van der Waals surface area (Å²) >= 11 is 1.42. The normalized spacial score (nSPS) is 16.7. The van der Waals surface area contributed by atoms with Crippen LogP contribution in [0, 0.1) is 0 Å². The van der Waals surface area contributed by atoms with Crippen molar-refractivity contribution in [1.82, 2.24) is 15.0 Å². The quantitative estimate of drug-likeness (QED) is 0.715. The van der Waals surface area contributed by atoms with Gasteiger partial charge in [-0.1, -0.05) is 25.1 Å². The number of nitrogens with zero attached hydrogens (tertiary/aromatic N) is 4. The third kappa shape index (κ3) is 2.59. The average Bonchev–Trinajstić information content (AvgIpc) is 3.13. The number of para-hydroxylation sites is 1. The maximum Gasteiger partial charge on any atom is 0.277 e. The van der Waals surface area contributed by atoms with Gasteiger partial charge in [-0.05, 0) is 24.0 Å². The van der Waals surface area contributed by atoms with Crippen LogP contribution in [0.1, 0.15) is 35.3 Å². The Bertz CT molecular complexity index is 877. The Morgan fingerprint density at radius 3 is 3.00 bits per heavy atom. The Kier molecular flexibility index (Phi) is 3.82. The van der Waals surface area contributed by atoms with Crippen molar-refractivity contribution in [3.63, 3.8) is 0 Å². The molecule has 1 aliphatic heterocycles. The molecule has 3 heterocycles. The third-order valence-corrected chi connectivity index (χ3v) is 5.16. The van der Waals surface area contributed by atoms with Crippen molar-refractivity contribution < 1.29 is 4.79 Å². The molecule has 0 N–H and O–H groups in total. The van der Waals surface area contributed by atoms with Crippen molar-refractivity contribution in [2.75, 3.05) is 11.4 Å². The Hall–Kier alpha value is -2.60. The lowest BCUT2D eigenvalue weighted by Gasteiger charge is -2.32. The summed E-state index contributed by atoms with van der Waals surface area (Å²) in [5.74, 6) is 0.413. The molecule has 1 atom stereocenters. The first-order valence-corrected chi connectivity index (χ1v) is 8.74. The molecule has 1 aliphatic rings. The SMILES string of the molecule is C[C@H]1CCN(C(=O)c2csc(-c3cnccn3)n2)c2ccccc21. The predicted octanol–water partition coefficient (Wildman–Crippen LogP) is 3.75. The Labute approximate surface area is 144 Å². The lowest BCUT2D eigenvalue weighted by atomic mass is 9.91. The summed E-state index contributed by atoms with van der Waals surface area (Å²) < 4.78 is 0. The number of thiazole rings is 1. The van der Waals surface area contributed by atoms with Crippen LogP contribution in [0.2, 0.25) is 0 Å².